The van der Waals surface area contributed by atoms with Gasteiger partial charge in [-0.3, -0.25) is 19.3 Å². The molecule has 1 aromatic rings. The fourth-order valence-corrected chi connectivity index (χ4v) is 2.06. The average molecular weight is 322 g/mol. The van der Waals surface area contributed by atoms with Crippen LogP contribution < -0.4 is 0 Å². The Kier molecular flexibility index (Phi) is 4.84. The molecule has 1 aromatic heterocycles. The summed E-state index contributed by atoms with van der Waals surface area (Å²) in [6, 6.07) is 0. The number of ether oxygens (including phenoxy) is 1. The quantitative estimate of drug-likeness (QED) is 0.298. The molecule has 0 saturated carbocycles. The number of rotatable bonds is 7. The van der Waals surface area contributed by atoms with Gasteiger partial charge in [-0.25, -0.2) is 9.55 Å². The van der Waals surface area contributed by atoms with Crippen LogP contribution in [0.25, 0.3) is 0 Å². The van der Waals surface area contributed by atoms with Crippen molar-refractivity contribution < 1.29 is 24.0 Å². The highest BCUT2D eigenvalue weighted by Gasteiger charge is 2.24. The zero-order valence-electron chi connectivity index (χ0n) is 12.3. The van der Waals surface area contributed by atoms with Gasteiger partial charge in [0.15, 0.2) is 5.82 Å². The first-order chi connectivity index (χ1) is 10.9. The van der Waals surface area contributed by atoms with Crippen LogP contribution >= 0.6 is 0 Å². The van der Waals surface area contributed by atoms with Crippen molar-refractivity contribution in [2.45, 2.75) is 19.9 Å². The molecule has 122 valence electrons. The van der Waals surface area contributed by atoms with E-state index in [1.54, 1.807) is 6.92 Å². The minimum absolute atomic E-state index is 0.0618. The van der Waals surface area contributed by atoms with Crippen LogP contribution in [0.2, 0.25) is 0 Å². The van der Waals surface area contributed by atoms with Gasteiger partial charge in [0.25, 0.3) is 11.8 Å². The van der Waals surface area contributed by atoms with Crippen molar-refractivity contribution in [3.63, 3.8) is 0 Å². The van der Waals surface area contributed by atoms with Crippen molar-refractivity contribution in [1.29, 1.82) is 0 Å². The number of hydrogen-bond acceptors (Lipinski definition) is 7. The predicted molar refractivity (Wildman–Crippen MR) is 75.1 cm³/mol. The summed E-state index contributed by atoms with van der Waals surface area (Å²) in [7, 11) is 0. The van der Waals surface area contributed by atoms with Gasteiger partial charge < -0.3 is 14.9 Å². The van der Waals surface area contributed by atoms with Gasteiger partial charge in [-0.05, 0) is 4.92 Å². The summed E-state index contributed by atoms with van der Waals surface area (Å²) in [5.74, 6) is -1.28. The van der Waals surface area contributed by atoms with E-state index in [4.69, 9.17) is 4.74 Å². The monoisotopic (exact) mass is 322 g/mol. The fraction of sp³-hybridized carbons (Fsp3) is 0.385. The van der Waals surface area contributed by atoms with Gasteiger partial charge in [-0.1, -0.05) is 0 Å². The van der Waals surface area contributed by atoms with Crippen LogP contribution in [0.15, 0.2) is 18.3 Å². The first-order valence-corrected chi connectivity index (χ1v) is 6.76. The Hall–Kier alpha value is -3.04. The Labute approximate surface area is 130 Å². The minimum Gasteiger partial charge on any atom is -0.461 e. The molecular weight excluding hydrogens is 308 g/mol. The van der Waals surface area contributed by atoms with Crippen LogP contribution in [0.3, 0.4) is 0 Å². The van der Waals surface area contributed by atoms with E-state index in [0.29, 0.717) is 5.82 Å². The van der Waals surface area contributed by atoms with Crippen LogP contribution in [-0.4, -0.2) is 50.3 Å². The van der Waals surface area contributed by atoms with Crippen molar-refractivity contribution in [2.75, 3.05) is 13.2 Å². The summed E-state index contributed by atoms with van der Waals surface area (Å²) < 4.78 is 6.28. The normalized spacial score (nSPS) is 13.7. The number of carbonyl (C=O) groups excluding carboxylic acids is 3. The number of nitro groups is 1. The van der Waals surface area contributed by atoms with Crippen molar-refractivity contribution >= 4 is 23.6 Å². The zero-order valence-corrected chi connectivity index (χ0v) is 12.3. The lowest BCUT2D eigenvalue weighted by Gasteiger charge is -2.12. The highest BCUT2D eigenvalue weighted by atomic mass is 16.6. The maximum atomic E-state index is 11.6. The van der Waals surface area contributed by atoms with Gasteiger partial charge in [-0.2, -0.15) is 0 Å². The second-order valence-corrected chi connectivity index (χ2v) is 4.70. The van der Waals surface area contributed by atoms with E-state index in [0.717, 1.165) is 23.2 Å². The van der Waals surface area contributed by atoms with Gasteiger partial charge in [-0.15, -0.1) is 0 Å². The van der Waals surface area contributed by atoms with Crippen LogP contribution in [0, 0.1) is 17.0 Å². The molecule has 0 unspecified atom stereocenters. The molecular formula is C13H14N4O6. The van der Waals surface area contributed by atoms with E-state index in [-0.39, 0.29) is 31.9 Å². The number of carbonyl (C=O) groups is 3. The fourth-order valence-electron chi connectivity index (χ4n) is 2.06. The number of aryl methyl sites for hydroxylation is 1. The highest BCUT2D eigenvalue weighted by molar-refractivity contribution is 6.12. The van der Waals surface area contributed by atoms with Gasteiger partial charge in [0.05, 0.1) is 6.42 Å². The van der Waals surface area contributed by atoms with Gasteiger partial charge >= 0.3 is 11.8 Å². The molecule has 2 heterocycles. The van der Waals surface area contributed by atoms with E-state index in [2.05, 4.69) is 4.98 Å². The summed E-state index contributed by atoms with van der Waals surface area (Å²) in [5, 5.41) is 10.8. The number of amides is 2. The van der Waals surface area contributed by atoms with Crippen molar-refractivity contribution in [1.82, 2.24) is 14.5 Å². The summed E-state index contributed by atoms with van der Waals surface area (Å²) >= 11 is 0. The second-order valence-electron chi connectivity index (χ2n) is 4.70. The molecule has 0 radical (unpaired) electrons. The third kappa shape index (κ3) is 3.78. The number of nitrogens with zero attached hydrogens (tertiary/aromatic N) is 4. The third-order valence-corrected chi connectivity index (χ3v) is 3.24. The van der Waals surface area contributed by atoms with Crippen molar-refractivity contribution in [2.24, 2.45) is 0 Å². The van der Waals surface area contributed by atoms with Crippen molar-refractivity contribution in [3.8, 4) is 0 Å². The Bertz CT molecular complexity index is 675. The average Bonchev–Trinajstić information content (AvgIpc) is 3.01. The SMILES string of the molecule is Cc1ncc([N+](=O)[O-])n1CCOC(=O)CCN1C(=O)C=CC1=O. The Morgan fingerprint density at radius 2 is 1.96 bits per heavy atom. The smallest absolute Gasteiger partial charge is 0.342 e. The number of esters is 1. The lowest BCUT2D eigenvalue weighted by Crippen LogP contribution is -2.32. The van der Waals surface area contributed by atoms with E-state index in [1.807, 2.05) is 0 Å². The predicted octanol–water partition coefficient (Wildman–Crippen LogP) is -0.0420. The van der Waals surface area contributed by atoms with E-state index < -0.39 is 22.7 Å². The van der Waals surface area contributed by atoms with Crippen LogP contribution in [0.5, 0.6) is 0 Å². The molecule has 1 aliphatic heterocycles. The second kappa shape index (κ2) is 6.81. The molecule has 0 aromatic carbocycles. The van der Waals surface area contributed by atoms with Gasteiger partial charge in [0.1, 0.15) is 19.3 Å². The molecule has 10 heteroatoms. The largest absolute Gasteiger partial charge is 0.461 e. The Morgan fingerprint density at radius 3 is 2.57 bits per heavy atom. The topological polar surface area (TPSA) is 125 Å². The van der Waals surface area contributed by atoms with Crippen LogP contribution in [0.4, 0.5) is 5.82 Å². The molecule has 10 nitrogen and oxygen atoms in total. The summed E-state index contributed by atoms with van der Waals surface area (Å²) in [5.41, 5.74) is 0. The molecule has 0 fully saturated rings. The number of imidazole rings is 1. The summed E-state index contributed by atoms with van der Waals surface area (Å²) in [6.45, 7) is 1.56. The third-order valence-electron chi connectivity index (χ3n) is 3.24. The molecule has 0 bridgehead atoms. The molecule has 0 spiro atoms. The number of hydrogen-bond donors (Lipinski definition) is 0. The molecule has 2 amide bonds. The molecule has 1 aliphatic rings. The minimum atomic E-state index is -0.599. The standard InChI is InChI=1S/C13H14N4O6/c1-9-14-8-10(17(21)22)15(9)6-7-23-13(20)4-5-16-11(18)2-3-12(16)19/h2-3,8H,4-7H2,1H3. The number of imide groups is 1. The van der Waals surface area contributed by atoms with Gasteiger partial charge in [0.2, 0.25) is 0 Å². The molecule has 2 rings (SSSR count). The Balaban J connectivity index is 1.77. The maximum absolute atomic E-state index is 11.6. The lowest BCUT2D eigenvalue weighted by atomic mass is 10.4. The highest BCUT2D eigenvalue weighted by Crippen LogP contribution is 2.13. The summed E-state index contributed by atoms with van der Waals surface area (Å²) in [4.78, 5) is 49.2. The van der Waals surface area contributed by atoms with Crippen LogP contribution in [-0.2, 0) is 25.7 Å². The van der Waals surface area contributed by atoms with E-state index in [9.17, 15) is 24.5 Å². The van der Waals surface area contributed by atoms with E-state index in [1.165, 1.54) is 4.57 Å². The van der Waals surface area contributed by atoms with E-state index >= 15 is 0 Å². The molecule has 0 saturated heterocycles. The first-order valence-electron chi connectivity index (χ1n) is 6.76. The zero-order chi connectivity index (χ0) is 17.0. The molecule has 0 aliphatic carbocycles. The maximum Gasteiger partial charge on any atom is 0.342 e. The number of aromatic nitrogens is 2. The lowest BCUT2D eigenvalue weighted by molar-refractivity contribution is -0.392. The van der Waals surface area contributed by atoms with Crippen LogP contribution in [0.1, 0.15) is 12.2 Å². The molecule has 23 heavy (non-hydrogen) atoms. The summed E-state index contributed by atoms with van der Waals surface area (Å²) in [6.07, 6.45) is 3.27. The van der Waals surface area contributed by atoms with Crippen molar-refractivity contribution in [3.05, 3.63) is 34.3 Å². The first kappa shape index (κ1) is 16.3. The molecule has 0 N–H and O–H groups in total. The molecule has 0 atom stereocenters. The van der Waals surface area contributed by atoms with Gasteiger partial charge in [0, 0.05) is 25.6 Å². The Morgan fingerprint density at radius 1 is 1.30 bits per heavy atom.